The van der Waals surface area contributed by atoms with E-state index in [1.807, 2.05) is 19.1 Å². The summed E-state index contributed by atoms with van der Waals surface area (Å²) in [5.74, 6) is -0.389. The molecule has 0 saturated carbocycles. The number of anilines is 1. The monoisotopic (exact) mass is 362 g/mol. The summed E-state index contributed by atoms with van der Waals surface area (Å²) in [5.41, 5.74) is 2.90. The summed E-state index contributed by atoms with van der Waals surface area (Å²) in [6, 6.07) is 12.1. The Morgan fingerprint density at radius 1 is 1.16 bits per heavy atom. The number of rotatable bonds is 6. The molecular formula is C18H22N2O4S. The normalized spacial score (nSPS) is 11.4. The van der Waals surface area contributed by atoms with Crippen molar-refractivity contribution >= 4 is 21.7 Å². The van der Waals surface area contributed by atoms with Gasteiger partial charge in [-0.3, -0.25) is 0 Å². The molecule has 7 heteroatoms. The molecule has 0 atom stereocenters. The number of nitrogens with one attached hydrogen (secondary N) is 1. The minimum atomic E-state index is -3.47. The number of methoxy groups -OCH3 is 1. The van der Waals surface area contributed by atoms with Crippen LogP contribution < -0.4 is 5.32 Å². The lowest BCUT2D eigenvalue weighted by atomic mass is 10.1. The highest BCUT2D eigenvalue weighted by Gasteiger charge is 2.17. The average Bonchev–Trinajstić information content (AvgIpc) is 2.60. The summed E-state index contributed by atoms with van der Waals surface area (Å²) >= 11 is 0. The third-order valence-corrected chi connectivity index (χ3v) is 5.71. The summed E-state index contributed by atoms with van der Waals surface area (Å²) in [7, 11) is 0.882. The predicted molar refractivity (Wildman–Crippen MR) is 97.2 cm³/mol. The van der Waals surface area contributed by atoms with Crippen molar-refractivity contribution in [3.8, 4) is 0 Å². The molecule has 0 aliphatic rings. The van der Waals surface area contributed by atoms with Gasteiger partial charge in [0.05, 0.1) is 17.6 Å². The first-order valence-electron chi connectivity index (χ1n) is 7.70. The second-order valence-corrected chi connectivity index (χ2v) is 7.91. The van der Waals surface area contributed by atoms with Crippen LogP contribution in [0.1, 0.15) is 21.5 Å². The van der Waals surface area contributed by atoms with Crippen molar-refractivity contribution in [2.45, 2.75) is 18.4 Å². The SMILES string of the molecule is COC(=O)c1cccc(NCc2cccc(S(=O)(=O)N(C)C)c2)c1C. The zero-order valence-corrected chi connectivity index (χ0v) is 15.6. The van der Waals surface area contributed by atoms with Gasteiger partial charge in [0.25, 0.3) is 0 Å². The zero-order valence-electron chi connectivity index (χ0n) is 14.7. The third kappa shape index (κ3) is 4.18. The molecule has 0 unspecified atom stereocenters. The quantitative estimate of drug-likeness (QED) is 0.800. The van der Waals surface area contributed by atoms with Gasteiger partial charge in [-0.1, -0.05) is 18.2 Å². The summed E-state index contributed by atoms with van der Waals surface area (Å²) in [5, 5.41) is 3.24. The summed E-state index contributed by atoms with van der Waals surface area (Å²) in [4.78, 5) is 12.0. The Morgan fingerprint density at radius 3 is 2.48 bits per heavy atom. The Balaban J connectivity index is 2.22. The highest BCUT2D eigenvalue weighted by molar-refractivity contribution is 7.89. The molecule has 0 aromatic heterocycles. The van der Waals surface area contributed by atoms with Crippen LogP contribution in [0.25, 0.3) is 0 Å². The number of carbonyl (C=O) groups is 1. The maximum atomic E-state index is 12.2. The second kappa shape index (κ2) is 7.67. The van der Waals surface area contributed by atoms with Crippen LogP contribution in [0.15, 0.2) is 47.4 Å². The van der Waals surface area contributed by atoms with Gasteiger partial charge in [-0.05, 0) is 42.3 Å². The minimum Gasteiger partial charge on any atom is -0.465 e. The molecule has 2 aromatic rings. The van der Waals surface area contributed by atoms with E-state index in [1.54, 1.807) is 30.3 Å². The smallest absolute Gasteiger partial charge is 0.338 e. The van der Waals surface area contributed by atoms with Gasteiger partial charge in [-0.2, -0.15) is 0 Å². The van der Waals surface area contributed by atoms with Crippen LogP contribution in [0.3, 0.4) is 0 Å². The molecular weight excluding hydrogens is 340 g/mol. The van der Waals surface area contributed by atoms with Gasteiger partial charge in [0.2, 0.25) is 10.0 Å². The summed E-state index contributed by atoms with van der Waals surface area (Å²) in [6.07, 6.45) is 0. The molecule has 6 nitrogen and oxygen atoms in total. The van der Waals surface area contributed by atoms with Crippen molar-refractivity contribution in [3.05, 3.63) is 59.2 Å². The Bertz CT molecular complexity index is 876. The third-order valence-electron chi connectivity index (χ3n) is 3.90. The molecule has 0 fully saturated rings. The number of nitrogens with zero attached hydrogens (tertiary/aromatic N) is 1. The van der Waals surface area contributed by atoms with E-state index in [0.717, 1.165) is 16.8 Å². The lowest BCUT2D eigenvalue weighted by Gasteiger charge is -2.14. The van der Waals surface area contributed by atoms with Crippen LogP contribution in [-0.4, -0.2) is 39.9 Å². The maximum Gasteiger partial charge on any atom is 0.338 e. The number of esters is 1. The van der Waals surface area contributed by atoms with Crippen molar-refractivity contribution in [3.63, 3.8) is 0 Å². The molecule has 134 valence electrons. The van der Waals surface area contributed by atoms with Gasteiger partial charge in [0, 0.05) is 26.3 Å². The summed E-state index contributed by atoms with van der Waals surface area (Å²) < 4.78 is 30.4. The fraction of sp³-hybridized carbons (Fsp3) is 0.278. The van der Waals surface area contributed by atoms with E-state index < -0.39 is 10.0 Å². The van der Waals surface area contributed by atoms with E-state index in [2.05, 4.69) is 5.32 Å². The Hall–Kier alpha value is -2.38. The Morgan fingerprint density at radius 2 is 1.84 bits per heavy atom. The Labute approximate surface area is 148 Å². The number of sulfonamides is 1. The standard InChI is InChI=1S/C18H22N2O4S/c1-13-16(18(21)24-4)9-6-10-17(13)19-12-14-7-5-8-15(11-14)25(22,23)20(2)3/h5-11,19H,12H2,1-4H3. The molecule has 0 radical (unpaired) electrons. The van der Waals surface area contributed by atoms with E-state index in [4.69, 9.17) is 4.74 Å². The molecule has 0 saturated heterocycles. The average molecular weight is 362 g/mol. The van der Waals surface area contributed by atoms with Crippen molar-refractivity contribution in [2.75, 3.05) is 26.5 Å². The van der Waals surface area contributed by atoms with Gasteiger partial charge in [-0.25, -0.2) is 17.5 Å². The van der Waals surface area contributed by atoms with E-state index in [0.29, 0.717) is 12.1 Å². The largest absolute Gasteiger partial charge is 0.465 e. The van der Waals surface area contributed by atoms with Crippen LogP contribution in [0.4, 0.5) is 5.69 Å². The predicted octanol–water partition coefficient (Wildman–Crippen LogP) is 2.64. The molecule has 25 heavy (non-hydrogen) atoms. The van der Waals surface area contributed by atoms with Crippen LogP contribution in [0, 0.1) is 6.92 Å². The lowest BCUT2D eigenvalue weighted by molar-refractivity contribution is 0.0600. The second-order valence-electron chi connectivity index (χ2n) is 5.76. The molecule has 0 amide bonds. The number of hydrogen-bond acceptors (Lipinski definition) is 5. The van der Waals surface area contributed by atoms with E-state index >= 15 is 0 Å². The van der Waals surface area contributed by atoms with Gasteiger partial charge >= 0.3 is 5.97 Å². The van der Waals surface area contributed by atoms with Gasteiger partial charge in [-0.15, -0.1) is 0 Å². The van der Waals surface area contributed by atoms with Crippen molar-refractivity contribution in [2.24, 2.45) is 0 Å². The molecule has 0 heterocycles. The van der Waals surface area contributed by atoms with Crippen molar-refractivity contribution < 1.29 is 17.9 Å². The van der Waals surface area contributed by atoms with E-state index in [9.17, 15) is 13.2 Å². The van der Waals surface area contributed by atoms with Crippen LogP contribution in [0.2, 0.25) is 0 Å². The molecule has 2 aromatic carbocycles. The van der Waals surface area contributed by atoms with Gasteiger partial charge in [0.15, 0.2) is 0 Å². The topological polar surface area (TPSA) is 75.7 Å². The molecule has 2 rings (SSSR count). The summed E-state index contributed by atoms with van der Waals surface area (Å²) in [6.45, 7) is 2.27. The number of ether oxygens (including phenoxy) is 1. The fourth-order valence-electron chi connectivity index (χ4n) is 2.38. The first-order valence-corrected chi connectivity index (χ1v) is 9.14. The van der Waals surface area contributed by atoms with E-state index in [-0.39, 0.29) is 10.9 Å². The van der Waals surface area contributed by atoms with E-state index in [1.165, 1.54) is 25.5 Å². The maximum absolute atomic E-state index is 12.2. The fourth-order valence-corrected chi connectivity index (χ4v) is 3.35. The minimum absolute atomic E-state index is 0.247. The number of carbonyl (C=O) groups excluding carboxylic acids is 1. The highest BCUT2D eigenvalue weighted by atomic mass is 32.2. The number of benzene rings is 2. The lowest BCUT2D eigenvalue weighted by Crippen LogP contribution is -2.22. The van der Waals surface area contributed by atoms with Gasteiger partial charge < -0.3 is 10.1 Å². The molecule has 1 N–H and O–H groups in total. The number of hydrogen-bond donors (Lipinski definition) is 1. The first-order chi connectivity index (χ1) is 11.8. The van der Waals surface area contributed by atoms with Crippen molar-refractivity contribution in [1.82, 2.24) is 4.31 Å². The highest BCUT2D eigenvalue weighted by Crippen LogP contribution is 2.21. The van der Waals surface area contributed by atoms with Gasteiger partial charge in [0.1, 0.15) is 0 Å². The van der Waals surface area contributed by atoms with Crippen LogP contribution in [0.5, 0.6) is 0 Å². The molecule has 0 bridgehead atoms. The molecule has 0 spiro atoms. The molecule has 0 aliphatic carbocycles. The van der Waals surface area contributed by atoms with Crippen LogP contribution >= 0.6 is 0 Å². The Kier molecular flexibility index (Phi) is 5.81. The van der Waals surface area contributed by atoms with Crippen molar-refractivity contribution in [1.29, 1.82) is 0 Å². The zero-order chi connectivity index (χ0) is 18.6. The molecule has 0 aliphatic heterocycles. The first kappa shape index (κ1) is 19.0. The van der Waals surface area contributed by atoms with Crippen LogP contribution in [-0.2, 0) is 21.3 Å².